The van der Waals surface area contributed by atoms with Gasteiger partial charge in [-0.2, -0.15) is 5.10 Å². The molecule has 0 radical (unpaired) electrons. The molecule has 1 aromatic carbocycles. The second-order valence-electron chi connectivity index (χ2n) is 6.68. The maximum absolute atomic E-state index is 9.12. The predicted octanol–water partition coefficient (Wildman–Crippen LogP) is 3.49. The van der Waals surface area contributed by atoms with E-state index in [0.29, 0.717) is 12.6 Å². The molecule has 1 N–H and O–H groups in total. The molecular formula is C20H29N3O2. The van der Waals surface area contributed by atoms with Crippen LogP contribution in [0.25, 0.3) is 11.1 Å². The van der Waals surface area contributed by atoms with Crippen LogP contribution >= 0.6 is 0 Å². The molecule has 0 saturated carbocycles. The number of ether oxygens (including phenoxy) is 1. The van der Waals surface area contributed by atoms with Gasteiger partial charge in [0.25, 0.3) is 0 Å². The highest BCUT2D eigenvalue weighted by Crippen LogP contribution is 2.42. The third-order valence-corrected chi connectivity index (χ3v) is 4.95. The lowest BCUT2D eigenvalue weighted by Crippen LogP contribution is -2.37. The third kappa shape index (κ3) is 3.52. The zero-order valence-corrected chi connectivity index (χ0v) is 15.5. The van der Waals surface area contributed by atoms with Crippen LogP contribution in [0.15, 0.2) is 24.5 Å². The van der Waals surface area contributed by atoms with Gasteiger partial charge in [0.05, 0.1) is 26.0 Å². The van der Waals surface area contributed by atoms with Gasteiger partial charge in [-0.25, -0.2) is 0 Å². The summed E-state index contributed by atoms with van der Waals surface area (Å²) in [6, 6.07) is 4.95. The van der Waals surface area contributed by atoms with E-state index in [1.54, 1.807) is 4.68 Å². The van der Waals surface area contributed by atoms with Crippen molar-refractivity contribution >= 4 is 5.69 Å². The average molecular weight is 343 g/mol. The van der Waals surface area contributed by atoms with Gasteiger partial charge in [-0.15, -0.1) is 0 Å². The normalized spacial score (nSPS) is 16.8. The number of benzene rings is 1. The van der Waals surface area contributed by atoms with Gasteiger partial charge in [0.2, 0.25) is 0 Å². The van der Waals surface area contributed by atoms with Gasteiger partial charge < -0.3 is 14.7 Å². The first-order chi connectivity index (χ1) is 12.2. The minimum atomic E-state index is 0.0911. The second-order valence-corrected chi connectivity index (χ2v) is 6.68. The van der Waals surface area contributed by atoms with Gasteiger partial charge >= 0.3 is 0 Å². The van der Waals surface area contributed by atoms with Crippen LogP contribution in [0.3, 0.4) is 0 Å². The number of nitrogens with zero attached hydrogens (tertiary/aromatic N) is 3. The van der Waals surface area contributed by atoms with Crippen molar-refractivity contribution in [3.05, 3.63) is 30.1 Å². The monoisotopic (exact) mass is 343 g/mol. The number of aromatic nitrogens is 2. The molecule has 2 aromatic rings. The van der Waals surface area contributed by atoms with Crippen molar-refractivity contribution in [1.29, 1.82) is 0 Å². The summed E-state index contributed by atoms with van der Waals surface area (Å²) in [5, 5.41) is 13.5. The van der Waals surface area contributed by atoms with Crippen LogP contribution in [0.1, 0.15) is 39.2 Å². The summed E-state index contributed by atoms with van der Waals surface area (Å²) in [4.78, 5) is 2.47. The molecule has 0 bridgehead atoms. The number of rotatable bonds is 7. The SMILES string of the molecule is CCCOc1c(-c2cnn(CCO)c2)ccc2c1CC[C@H](C)N2CC. The Hall–Kier alpha value is -2.01. The van der Waals surface area contributed by atoms with Crippen molar-refractivity contribution < 1.29 is 9.84 Å². The van der Waals surface area contributed by atoms with Gasteiger partial charge in [-0.1, -0.05) is 6.92 Å². The second kappa shape index (κ2) is 7.91. The van der Waals surface area contributed by atoms with E-state index in [0.717, 1.165) is 49.3 Å². The fraction of sp³-hybridized carbons (Fsp3) is 0.550. The molecule has 1 aliphatic rings. The summed E-state index contributed by atoms with van der Waals surface area (Å²) in [7, 11) is 0. The molecule has 1 atom stereocenters. The summed E-state index contributed by atoms with van der Waals surface area (Å²) >= 11 is 0. The minimum Gasteiger partial charge on any atom is -0.493 e. The van der Waals surface area contributed by atoms with Gasteiger partial charge in [0.15, 0.2) is 0 Å². The standard InChI is InChI=1S/C20H29N3O2/c1-4-12-25-20-17(16-13-21-22(14-16)10-11-24)8-9-19-18(20)7-6-15(3)23(19)5-2/h8-9,13-15,24H,4-7,10-12H2,1-3H3/t15-/m0/s1. The van der Waals surface area contributed by atoms with Crippen LogP contribution < -0.4 is 9.64 Å². The smallest absolute Gasteiger partial charge is 0.132 e. The molecule has 1 aliphatic heterocycles. The van der Waals surface area contributed by atoms with E-state index in [2.05, 4.69) is 42.9 Å². The molecule has 3 rings (SSSR count). The lowest BCUT2D eigenvalue weighted by Gasteiger charge is -2.37. The molecule has 136 valence electrons. The third-order valence-electron chi connectivity index (χ3n) is 4.95. The lowest BCUT2D eigenvalue weighted by atomic mass is 9.92. The van der Waals surface area contributed by atoms with E-state index in [1.165, 1.54) is 11.3 Å². The molecule has 0 saturated heterocycles. The number of fused-ring (bicyclic) bond motifs is 1. The summed E-state index contributed by atoms with van der Waals surface area (Å²) < 4.78 is 8.00. The van der Waals surface area contributed by atoms with Crippen molar-refractivity contribution in [2.45, 2.75) is 52.6 Å². The Balaban J connectivity index is 2.06. The van der Waals surface area contributed by atoms with Gasteiger partial charge in [-0.05, 0) is 45.2 Å². The zero-order chi connectivity index (χ0) is 17.8. The quantitative estimate of drug-likeness (QED) is 0.836. The van der Waals surface area contributed by atoms with Crippen molar-refractivity contribution in [3.63, 3.8) is 0 Å². The average Bonchev–Trinajstić information content (AvgIpc) is 3.08. The molecule has 0 aliphatic carbocycles. The molecule has 2 heterocycles. The molecule has 5 heteroatoms. The van der Waals surface area contributed by atoms with Crippen molar-refractivity contribution in [3.8, 4) is 16.9 Å². The molecule has 25 heavy (non-hydrogen) atoms. The maximum atomic E-state index is 9.12. The highest BCUT2D eigenvalue weighted by atomic mass is 16.5. The molecule has 0 unspecified atom stereocenters. The first-order valence-corrected chi connectivity index (χ1v) is 9.38. The highest BCUT2D eigenvalue weighted by molar-refractivity contribution is 5.77. The maximum Gasteiger partial charge on any atom is 0.132 e. The van der Waals surface area contributed by atoms with Gasteiger partial charge in [0.1, 0.15) is 5.75 Å². The van der Waals surface area contributed by atoms with E-state index in [1.807, 2.05) is 12.4 Å². The number of anilines is 1. The Kier molecular flexibility index (Phi) is 5.63. The van der Waals surface area contributed by atoms with Crippen LogP contribution in [-0.2, 0) is 13.0 Å². The molecule has 5 nitrogen and oxygen atoms in total. The molecule has 0 spiro atoms. The fourth-order valence-corrected chi connectivity index (χ4v) is 3.68. The van der Waals surface area contributed by atoms with Crippen molar-refractivity contribution in [2.24, 2.45) is 0 Å². The molecular weight excluding hydrogens is 314 g/mol. The fourth-order valence-electron chi connectivity index (χ4n) is 3.68. The lowest BCUT2D eigenvalue weighted by molar-refractivity contribution is 0.269. The van der Waals surface area contributed by atoms with Crippen LogP contribution in [0.2, 0.25) is 0 Å². The summed E-state index contributed by atoms with van der Waals surface area (Å²) in [5.74, 6) is 1.01. The van der Waals surface area contributed by atoms with E-state index in [4.69, 9.17) is 9.84 Å². The molecule has 0 fully saturated rings. The highest BCUT2D eigenvalue weighted by Gasteiger charge is 2.26. The van der Waals surface area contributed by atoms with E-state index in [-0.39, 0.29) is 6.61 Å². The summed E-state index contributed by atoms with van der Waals surface area (Å²) in [6.45, 7) is 8.97. The van der Waals surface area contributed by atoms with Crippen LogP contribution in [0.4, 0.5) is 5.69 Å². The Morgan fingerprint density at radius 1 is 1.32 bits per heavy atom. The first kappa shape index (κ1) is 17.8. The Labute approximate surface area is 150 Å². The number of aliphatic hydroxyl groups is 1. The number of hydrogen-bond acceptors (Lipinski definition) is 4. The largest absolute Gasteiger partial charge is 0.493 e. The first-order valence-electron chi connectivity index (χ1n) is 9.38. The number of aliphatic hydroxyl groups excluding tert-OH is 1. The Bertz CT molecular complexity index is 711. The summed E-state index contributed by atoms with van der Waals surface area (Å²) in [6.07, 6.45) is 7.03. The van der Waals surface area contributed by atoms with Gasteiger partial charge in [-0.3, -0.25) is 4.68 Å². The van der Waals surface area contributed by atoms with Crippen LogP contribution in [0, 0.1) is 0 Å². The molecule has 1 aromatic heterocycles. The van der Waals surface area contributed by atoms with E-state index >= 15 is 0 Å². The zero-order valence-electron chi connectivity index (χ0n) is 15.5. The Morgan fingerprint density at radius 3 is 2.88 bits per heavy atom. The van der Waals surface area contributed by atoms with Crippen LogP contribution in [-0.4, -0.2) is 40.7 Å². The van der Waals surface area contributed by atoms with Crippen molar-refractivity contribution in [1.82, 2.24) is 9.78 Å². The van der Waals surface area contributed by atoms with E-state index < -0.39 is 0 Å². The predicted molar refractivity (Wildman–Crippen MR) is 101 cm³/mol. The van der Waals surface area contributed by atoms with Crippen molar-refractivity contribution in [2.75, 3.05) is 24.7 Å². The summed E-state index contributed by atoms with van der Waals surface area (Å²) in [5.41, 5.74) is 4.77. The molecule has 0 amide bonds. The van der Waals surface area contributed by atoms with Crippen LogP contribution in [0.5, 0.6) is 5.75 Å². The number of hydrogen-bond donors (Lipinski definition) is 1. The van der Waals surface area contributed by atoms with Gasteiger partial charge in [0, 0.05) is 41.2 Å². The van der Waals surface area contributed by atoms with E-state index in [9.17, 15) is 0 Å². The minimum absolute atomic E-state index is 0.0911. The Morgan fingerprint density at radius 2 is 2.16 bits per heavy atom. The topological polar surface area (TPSA) is 50.5 Å².